The first-order chi connectivity index (χ1) is 14.3. The molecule has 2 heterocycles. The number of amides is 1. The zero-order valence-corrected chi connectivity index (χ0v) is 19.6. The van der Waals surface area contributed by atoms with Crippen molar-refractivity contribution in [3.8, 4) is 5.75 Å². The van der Waals surface area contributed by atoms with Crippen LogP contribution in [-0.4, -0.2) is 35.0 Å². The molecule has 164 valence electrons. The van der Waals surface area contributed by atoms with Crippen molar-refractivity contribution < 1.29 is 9.53 Å². The Kier molecular flexibility index (Phi) is 7.89. The number of carbonyl (C=O) groups is 1. The van der Waals surface area contributed by atoms with Crippen LogP contribution in [0.25, 0.3) is 0 Å². The minimum atomic E-state index is -0.00563. The zero-order valence-electron chi connectivity index (χ0n) is 18.7. The Morgan fingerprint density at radius 1 is 1.27 bits per heavy atom. The van der Waals surface area contributed by atoms with Crippen molar-refractivity contribution in [3.05, 3.63) is 40.9 Å². The molecule has 0 radical (unpaired) electrons. The smallest absolute Gasteiger partial charge is 0.226 e. The van der Waals surface area contributed by atoms with E-state index in [4.69, 9.17) is 4.74 Å². The van der Waals surface area contributed by atoms with Crippen LogP contribution in [0.1, 0.15) is 70.2 Å². The Bertz CT molecular complexity index is 811. The Morgan fingerprint density at radius 2 is 2.03 bits per heavy atom. The van der Waals surface area contributed by atoms with Crippen LogP contribution in [0, 0.1) is 0 Å². The van der Waals surface area contributed by atoms with Gasteiger partial charge in [0.05, 0.1) is 6.61 Å². The van der Waals surface area contributed by atoms with Gasteiger partial charge in [0.25, 0.3) is 0 Å². The third-order valence-electron chi connectivity index (χ3n) is 5.64. The summed E-state index contributed by atoms with van der Waals surface area (Å²) >= 11 is 1.58. The van der Waals surface area contributed by atoms with Gasteiger partial charge in [-0.25, -0.2) is 4.98 Å². The number of anilines is 1. The minimum absolute atomic E-state index is 0.00563. The van der Waals surface area contributed by atoms with Gasteiger partial charge in [-0.2, -0.15) is 0 Å². The molecule has 2 aromatic rings. The van der Waals surface area contributed by atoms with E-state index in [0.717, 1.165) is 18.8 Å². The van der Waals surface area contributed by atoms with E-state index in [1.54, 1.807) is 11.3 Å². The maximum absolute atomic E-state index is 12.2. The van der Waals surface area contributed by atoms with Crippen molar-refractivity contribution in [1.82, 2.24) is 9.88 Å². The molecule has 0 saturated carbocycles. The molecule has 1 fully saturated rings. The van der Waals surface area contributed by atoms with Crippen LogP contribution in [0.15, 0.2) is 30.5 Å². The Labute approximate surface area is 184 Å². The number of thiazole rings is 1. The average molecular weight is 430 g/mol. The lowest BCUT2D eigenvalue weighted by Gasteiger charge is -2.32. The fourth-order valence-electron chi connectivity index (χ4n) is 3.69. The second-order valence-corrected chi connectivity index (χ2v) is 10.3. The number of likely N-dealkylation sites (tertiary alicyclic amines) is 1. The maximum atomic E-state index is 12.2. The van der Waals surface area contributed by atoms with Gasteiger partial charge in [-0.3, -0.25) is 9.69 Å². The molecule has 0 bridgehead atoms. The number of piperidine rings is 1. The molecule has 1 aromatic heterocycles. The van der Waals surface area contributed by atoms with E-state index < -0.39 is 0 Å². The Hall–Kier alpha value is -1.92. The van der Waals surface area contributed by atoms with Gasteiger partial charge >= 0.3 is 0 Å². The fourth-order valence-corrected chi connectivity index (χ4v) is 4.54. The molecule has 6 heteroatoms. The van der Waals surface area contributed by atoms with Crippen molar-refractivity contribution in [1.29, 1.82) is 0 Å². The summed E-state index contributed by atoms with van der Waals surface area (Å²) in [4.78, 5) is 20.3. The van der Waals surface area contributed by atoms with Gasteiger partial charge < -0.3 is 10.1 Å². The monoisotopic (exact) mass is 429 g/mol. The average Bonchev–Trinajstić information content (AvgIpc) is 3.13. The van der Waals surface area contributed by atoms with Gasteiger partial charge in [-0.05, 0) is 55.8 Å². The van der Waals surface area contributed by atoms with Crippen LogP contribution in [0.3, 0.4) is 0 Å². The third kappa shape index (κ3) is 6.81. The Balaban J connectivity index is 1.36. The van der Waals surface area contributed by atoms with Gasteiger partial charge in [0.15, 0.2) is 5.13 Å². The lowest BCUT2D eigenvalue weighted by Crippen LogP contribution is -2.36. The summed E-state index contributed by atoms with van der Waals surface area (Å²) in [5.41, 5.74) is 1.42. The normalized spacial score (nSPS) is 17.7. The van der Waals surface area contributed by atoms with Crippen LogP contribution in [0.5, 0.6) is 5.75 Å². The summed E-state index contributed by atoms with van der Waals surface area (Å²) in [5, 5.41) is 3.62. The molecule has 5 nitrogen and oxygen atoms in total. The molecule has 1 atom stereocenters. The number of nitrogens with zero attached hydrogens (tertiary/aromatic N) is 2. The van der Waals surface area contributed by atoms with Crippen LogP contribution in [0.4, 0.5) is 5.13 Å². The van der Waals surface area contributed by atoms with Crippen molar-refractivity contribution >= 4 is 22.4 Å². The van der Waals surface area contributed by atoms with Gasteiger partial charge in [0, 0.05) is 30.1 Å². The van der Waals surface area contributed by atoms with Crippen LogP contribution >= 0.6 is 11.3 Å². The van der Waals surface area contributed by atoms with Crippen LogP contribution in [-0.2, 0) is 16.8 Å². The Morgan fingerprint density at radius 3 is 2.73 bits per heavy atom. The standard InChI is InChI=1S/C24H35N3O2S/c1-18-8-5-6-14-27(18)17-21-16-25-23(30-21)26-22(28)9-7-15-29-20-12-10-19(11-13-20)24(2,3)4/h10-13,16,18H,5-9,14-15,17H2,1-4H3,(H,25,26,28). The van der Waals surface area contributed by atoms with Crippen LogP contribution < -0.4 is 10.1 Å². The van der Waals surface area contributed by atoms with Gasteiger partial charge in [0.1, 0.15) is 5.75 Å². The van der Waals surface area contributed by atoms with Gasteiger partial charge in [-0.1, -0.05) is 39.3 Å². The SMILES string of the molecule is CC1CCCCN1Cc1cnc(NC(=O)CCCOc2ccc(C(C)(C)C)cc2)s1. The molecule has 1 saturated heterocycles. The van der Waals surface area contributed by atoms with E-state index in [0.29, 0.717) is 30.6 Å². The minimum Gasteiger partial charge on any atom is -0.494 e. The first kappa shape index (κ1) is 22.8. The lowest BCUT2D eigenvalue weighted by atomic mass is 9.87. The maximum Gasteiger partial charge on any atom is 0.226 e. The quantitative estimate of drug-likeness (QED) is 0.554. The highest BCUT2D eigenvalue weighted by atomic mass is 32.1. The van der Waals surface area contributed by atoms with Crippen molar-refractivity contribution in [3.63, 3.8) is 0 Å². The number of carbonyl (C=O) groups excluding carboxylic acids is 1. The van der Waals surface area contributed by atoms with Gasteiger partial charge in [-0.15, -0.1) is 11.3 Å². The molecular formula is C24H35N3O2S. The molecule has 1 unspecified atom stereocenters. The summed E-state index contributed by atoms with van der Waals surface area (Å²) in [6.07, 6.45) is 6.87. The van der Waals surface area contributed by atoms with Gasteiger partial charge in [0.2, 0.25) is 5.91 Å². The zero-order chi connectivity index (χ0) is 21.6. The number of nitrogens with one attached hydrogen (secondary N) is 1. The van der Waals surface area contributed by atoms with E-state index in [1.165, 1.54) is 29.7 Å². The lowest BCUT2D eigenvalue weighted by molar-refractivity contribution is -0.116. The molecule has 1 aromatic carbocycles. The van der Waals surface area contributed by atoms with E-state index in [2.05, 4.69) is 55.0 Å². The molecule has 1 amide bonds. The van der Waals surface area contributed by atoms with Crippen LogP contribution in [0.2, 0.25) is 0 Å². The first-order valence-corrected chi connectivity index (χ1v) is 11.8. The summed E-state index contributed by atoms with van der Waals surface area (Å²) in [5.74, 6) is 0.842. The fraction of sp³-hybridized carbons (Fsp3) is 0.583. The number of rotatable bonds is 8. The molecular weight excluding hydrogens is 394 g/mol. The summed E-state index contributed by atoms with van der Waals surface area (Å²) < 4.78 is 5.77. The van der Waals surface area contributed by atoms with E-state index in [9.17, 15) is 4.79 Å². The topological polar surface area (TPSA) is 54.5 Å². The molecule has 30 heavy (non-hydrogen) atoms. The van der Waals surface area contributed by atoms with E-state index >= 15 is 0 Å². The second kappa shape index (κ2) is 10.4. The predicted molar refractivity (Wildman–Crippen MR) is 124 cm³/mol. The molecule has 1 aliphatic heterocycles. The highest BCUT2D eigenvalue weighted by Gasteiger charge is 2.19. The first-order valence-electron chi connectivity index (χ1n) is 11.0. The number of benzene rings is 1. The molecule has 0 aliphatic carbocycles. The molecule has 1 N–H and O–H groups in total. The summed E-state index contributed by atoms with van der Waals surface area (Å²) in [7, 11) is 0. The number of aromatic nitrogens is 1. The molecule has 0 spiro atoms. The number of hydrogen-bond donors (Lipinski definition) is 1. The van der Waals surface area contributed by atoms with Crippen molar-refractivity contribution in [2.75, 3.05) is 18.5 Å². The number of hydrogen-bond acceptors (Lipinski definition) is 5. The highest BCUT2D eigenvalue weighted by Crippen LogP contribution is 2.25. The van der Waals surface area contributed by atoms with E-state index in [1.807, 2.05) is 18.3 Å². The van der Waals surface area contributed by atoms with Crippen molar-refractivity contribution in [2.24, 2.45) is 0 Å². The highest BCUT2D eigenvalue weighted by molar-refractivity contribution is 7.15. The summed E-state index contributed by atoms with van der Waals surface area (Å²) in [6.45, 7) is 11.5. The summed E-state index contributed by atoms with van der Waals surface area (Å²) in [6, 6.07) is 8.84. The predicted octanol–water partition coefficient (Wildman–Crippen LogP) is 5.61. The largest absolute Gasteiger partial charge is 0.494 e. The molecule has 1 aliphatic rings. The second-order valence-electron chi connectivity index (χ2n) is 9.22. The molecule has 3 rings (SSSR count). The van der Waals surface area contributed by atoms with Crippen molar-refractivity contribution in [2.45, 2.75) is 77.8 Å². The number of ether oxygens (including phenoxy) is 1. The third-order valence-corrected chi connectivity index (χ3v) is 6.53. The van der Waals surface area contributed by atoms with E-state index in [-0.39, 0.29) is 11.3 Å².